The molecule has 4 rings (SSSR count). The fraction of sp³-hybridized carbons (Fsp3) is 0.393. The normalized spacial score (nSPS) is 21.1. The Balaban J connectivity index is 1.65. The molecule has 0 aliphatic carbocycles. The first-order valence-electron chi connectivity index (χ1n) is 12.3. The van der Waals surface area contributed by atoms with E-state index in [2.05, 4.69) is 21.4 Å². The number of nitrogens with one attached hydrogen (secondary N) is 1. The van der Waals surface area contributed by atoms with Crippen molar-refractivity contribution in [2.75, 3.05) is 25.5 Å². The van der Waals surface area contributed by atoms with Crippen molar-refractivity contribution in [3.63, 3.8) is 0 Å². The molecule has 2 aromatic rings. The molecule has 0 fully saturated rings. The summed E-state index contributed by atoms with van der Waals surface area (Å²) in [6, 6.07) is 11.2. The first-order chi connectivity index (χ1) is 18.1. The SMILES string of the molecule is CO/C1=C/c2ccc(-c3nc(C#N)ccc3/C3=C/CCC(CC(F)(F)C(F)(F)F)CN=C3)cc2NCCC1. The zero-order chi connectivity index (χ0) is 27.3. The number of nitriles is 1. The molecule has 38 heavy (non-hydrogen) atoms. The molecule has 0 radical (unpaired) electrons. The lowest BCUT2D eigenvalue weighted by Crippen LogP contribution is -2.38. The molecule has 5 nitrogen and oxygen atoms in total. The Morgan fingerprint density at radius 2 is 1.97 bits per heavy atom. The van der Waals surface area contributed by atoms with E-state index in [4.69, 9.17) is 4.74 Å². The van der Waals surface area contributed by atoms with Crippen molar-refractivity contribution < 1.29 is 26.7 Å². The fourth-order valence-electron chi connectivity index (χ4n) is 4.59. The molecule has 3 heterocycles. The third kappa shape index (κ3) is 6.21. The van der Waals surface area contributed by atoms with E-state index in [0.717, 1.165) is 42.0 Å². The minimum atomic E-state index is -5.58. The van der Waals surface area contributed by atoms with Gasteiger partial charge in [-0.2, -0.15) is 27.2 Å². The molecule has 0 amide bonds. The largest absolute Gasteiger partial charge is 0.501 e. The molecule has 1 unspecified atom stereocenters. The molecule has 0 bridgehead atoms. The van der Waals surface area contributed by atoms with E-state index in [1.54, 1.807) is 25.3 Å². The van der Waals surface area contributed by atoms with Gasteiger partial charge < -0.3 is 10.1 Å². The highest BCUT2D eigenvalue weighted by molar-refractivity contribution is 6.12. The van der Waals surface area contributed by atoms with Crippen molar-refractivity contribution >= 4 is 23.6 Å². The second kappa shape index (κ2) is 11.3. The van der Waals surface area contributed by atoms with Crippen LogP contribution in [0.4, 0.5) is 27.6 Å². The van der Waals surface area contributed by atoms with Crippen LogP contribution in [0.15, 0.2) is 47.2 Å². The zero-order valence-corrected chi connectivity index (χ0v) is 20.8. The molecule has 200 valence electrons. The molecule has 1 aromatic carbocycles. The molecule has 2 aliphatic heterocycles. The summed E-state index contributed by atoms with van der Waals surface area (Å²) < 4.78 is 70.6. The van der Waals surface area contributed by atoms with Gasteiger partial charge in [-0.15, -0.1) is 0 Å². The van der Waals surface area contributed by atoms with Crippen LogP contribution in [-0.4, -0.2) is 43.5 Å². The molecule has 1 atom stereocenters. The Morgan fingerprint density at radius 1 is 1.16 bits per heavy atom. The van der Waals surface area contributed by atoms with Gasteiger partial charge in [0, 0.05) is 54.5 Å². The fourth-order valence-corrected chi connectivity index (χ4v) is 4.59. The number of hydrogen-bond acceptors (Lipinski definition) is 5. The lowest BCUT2D eigenvalue weighted by Gasteiger charge is -2.24. The van der Waals surface area contributed by atoms with Crippen molar-refractivity contribution in [3.05, 3.63) is 59.0 Å². The number of rotatable bonds is 5. The van der Waals surface area contributed by atoms with Crippen LogP contribution in [0.5, 0.6) is 0 Å². The number of benzene rings is 1. The van der Waals surface area contributed by atoms with Gasteiger partial charge in [-0.1, -0.05) is 18.2 Å². The Morgan fingerprint density at radius 3 is 2.71 bits per heavy atom. The number of anilines is 1. The van der Waals surface area contributed by atoms with Crippen LogP contribution in [0.25, 0.3) is 22.9 Å². The van der Waals surface area contributed by atoms with Crippen LogP contribution in [0.2, 0.25) is 0 Å². The number of allylic oxidation sites excluding steroid dienone is 3. The molecular formula is C28H27F5N4O. The number of alkyl halides is 5. The van der Waals surface area contributed by atoms with Gasteiger partial charge in [-0.05, 0) is 55.0 Å². The summed E-state index contributed by atoms with van der Waals surface area (Å²) in [5, 5.41) is 12.9. The van der Waals surface area contributed by atoms with E-state index in [9.17, 15) is 27.2 Å². The molecule has 2 aliphatic rings. The van der Waals surface area contributed by atoms with E-state index >= 15 is 0 Å². The highest BCUT2D eigenvalue weighted by atomic mass is 19.4. The van der Waals surface area contributed by atoms with Gasteiger partial charge in [0.25, 0.3) is 0 Å². The van der Waals surface area contributed by atoms with Gasteiger partial charge in [0.15, 0.2) is 0 Å². The number of aliphatic imine (C=N–C) groups is 1. The van der Waals surface area contributed by atoms with Crippen LogP contribution in [0.3, 0.4) is 0 Å². The molecule has 1 N–H and O–H groups in total. The van der Waals surface area contributed by atoms with Crippen molar-refractivity contribution in [2.24, 2.45) is 10.9 Å². The minimum absolute atomic E-state index is 0.140. The van der Waals surface area contributed by atoms with E-state index in [0.29, 0.717) is 23.3 Å². The molecule has 0 saturated heterocycles. The summed E-state index contributed by atoms with van der Waals surface area (Å²) in [4.78, 5) is 8.75. The van der Waals surface area contributed by atoms with Crippen molar-refractivity contribution in [1.82, 2.24) is 4.98 Å². The number of fused-ring (bicyclic) bond motifs is 1. The highest BCUT2D eigenvalue weighted by Crippen LogP contribution is 2.41. The van der Waals surface area contributed by atoms with Crippen molar-refractivity contribution in [2.45, 2.75) is 44.2 Å². The Kier molecular flexibility index (Phi) is 8.14. The lowest BCUT2D eigenvalue weighted by atomic mass is 9.92. The predicted octanol–water partition coefficient (Wildman–Crippen LogP) is 7.27. The number of nitrogens with zero attached hydrogens (tertiary/aromatic N) is 3. The van der Waals surface area contributed by atoms with E-state index < -0.39 is 24.4 Å². The molecule has 10 heteroatoms. The van der Waals surface area contributed by atoms with Crippen LogP contribution in [-0.2, 0) is 4.74 Å². The molecule has 0 spiro atoms. The summed E-state index contributed by atoms with van der Waals surface area (Å²) in [6.45, 7) is 0.612. The topological polar surface area (TPSA) is 70.3 Å². The summed E-state index contributed by atoms with van der Waals surface area (Å²) in [6.07, 6.45) is 0.538. The summed E-state index contributed by atoms with van der Waals surface area (Å²) in [7, 11) is 1.65. The smallest absolute Gasteiger partial charge is 0.453 e. The average molecular weight is 531 g/mol. The Hall–Kier alpha value is -3.74. The quantitative estimate of drug-likeness (QED) is 0.413. The van der Waals surface area contributed by atoms with E-state index in [1.165, 1.54) is 6.21 Å². The maximum atomic E-state index is 13.6. The van der Waals surface area contributed by atoms with Crippen LogP contribution >= 0.6 is 0 Å². The van der Waals surface area contributed by atoms with Gasteiger partial charge in [-0.3, -0.25) is 4.99 Å². The number of methoxy groups -OCH3 is 1. The second-order valence-electron chi connectivity index (χ2n) is 9.36. The number of halogens is 5. The van der Waals surface area contributed by atoms with Crippen molar-refractivity contribution in [3.8, 4) is 17.3 Å². The number of aromatic nitrogens is 1. The third-order valence-corrected chi connectivity index (χ3v) is 6.63. The molecule has 0 saturated carbocycles. The number of pyridine rings is 1. The Bertz CT molecular complexity index is 1310. The van der Waals surface area contributed by atoms with Crippen LogP contribution in [0, 0.1) is 17.2 Å². The number of ether oxygens (including phenoxy) is 1. The second-order valence-corrected chi connectivity index (χ2v) is 9.36. The Labute approximate surface area is 217 Å². The van der Waals surface area contributed by atoms with Crippen molar-refractivity contribution in [1.29, 1.82) is 5.26 Å². The maximum absolute atomic E-state index is 13.6. The van der Waals surface area contributed by atoms with Gasteiger partial charge in [0.05, 0.1) is 18.6 Å². The predicted molar refractivity (Wildman–Crippen MR) is 137 cm³/mol. The van der Waals surface area contributed by atoms with Crippen LogP contribution < -0.4 is 5.32 Å². The van der Waals surface area contributed by atoms with Gasteiger partial charge in [-0.25, -0.2) is 4.98 Å². The molecular weight excluding hydrogens is 503 g/mol. The summed E-state index contributed by atoms with van der Waals surface area (Å²) >= 11 is 0. The van der Waals surface area contributed by atoms with Gasteiger partial charge in [0.2, 0.25) is 0 Å². The average Bonchev–Trinajstić information content (AvgIpc) is 2.85. The lowest BCUT2D eigenvalue weighted by molar-refractivity contribution is -0.287. The standard InChI is InChI=1S/C28H27F5N4O/c1-38-23-6-3-11-36-25-13-20(8-7-19(25)12-23)26-24(10-9-22(15-34)37-26)21-5-2-4-18(16-35-17-21)14-27(29,30)28(31,32)33/h5,7-10,12-13,17-18,36H,2-4,6,11,14,16H2,1H3/b21-5+,23-12+,35-17?. The third-order valence-electron chi connectivity index (χ3n) is 6.63. The minimum Gasteiger partial charge on any atom is -0.501 e. The first kappa shape index (κ1) is 27.3. The van der Waals surface area contributed by atoms with Gasteiger partial charge in [0.1, 0.15) is 11.8 Å². The summed E-state index contributed by atoms with van der Waals surface area (Å²) in [5.74, 6) is -4.77. The number of hydrogen-bond donors (Lipinski definition) is 1. The van der Waals surface area contributed by atoms with E-state index in [1.807, 2.05) is 24.3 Å². The monoisotopic (exact) mass is 530 g/mol. The molecule has 1 aromatic heterocycles. The highest BCUT2D eigenvalue weighted by Gasteiger charge is 2.57. The van der Waals surface area contributed by atoms with Crippen LogP contribution in [0.1, 0.15) is 48.9 Å². The van der Waals surface area contributed by atoms with Gasteiger partial charge >= 0.3 is 12.1 Å². The maximum Gasteiger partial charge on any atom is 0.453 e. The van der Waals surface area contributed by atoms with E-state index in [-0.39, 0.29) is 18.7 Å². The first-order valence-corrected chi connectivity index (χ1v) is 12.3. The zero-order valence-electron chi connectivity index (χ0n) is 20.8. The summed E-state index contributed by atoms with van der Waals surface area (Å²) in [5.41, 5.74) is 4.73.